The van der Waals surface area contributed by atoms with Gasteiger partial charge in [-0.15, -0.1) is 0 Å². The first-order chi connectivity index (χ1) is 10.7. The van der Waals surface area contributed by atoms with Crippen molar-refractivity contribution in [1.29, 1.82) is 0 Å². The van der Waals surface area contributed by atoms with Crippen molar-refractivity contribution in [2.24, 2.45) is 0 Å². The summed E-state index contributed by atoms with van der Waals surface area (Å²) in [5.74, 6) is 1.52. The summed E-state index contributed by atoms with van der Waals surface area (Å²) in [4.78, 5) is 0. The number of nitrogens with zero attached hydrogens (tertiary/aromatic N) is 1. The summed E-state index contributed by atoms with van der Waals surface area (Å²) in [5, 5.41) is 0. The molecule has 1 aliphatic rings. The van der Waals surface area contributed by atoms with E-state index in [2.05, 4.69) is 0 Å². The van der Waals surface area contributed by atoms with Gasteiger partial charge >= 0.3 is 0 Å². The fraction of sp³-hybridized carbons (Fsp3) is 0.647. The molecule has 0 aliphatic carbocycles. The van der Waals surface area contributed by atoms with E-state index in [0.29, 0.717) is 30.9 Å². The Morgan fingerprint density at radius 1 is 1.13 bits per heavy atom. The van der Waals surface area contributed by atoms with Gasteiger partial charge in [0.2, 0.25) is 10.0 Å². The highest BCUT2D eigenvalue weighted by Crippen LogP contribution is 2.39. The number of benzene rings is 1. The van der Waals surface area contributed by atoms with Gasteiger partial charge < -0.3 is 9.47 Å². The molecular weight excluding hydrogens is 314 g/mol. The summed E-state index contributed by atoms with van der Waals surface area (Å²) >= 11 is 0. The third kappa shape index (κ3) is 3.63. The van der Waals surface area contributed by atoms with Crippen LogP contribution < -0.4 is 9.47 Å². The molecular formula is C17H27NO4S. The van der Waals surface area contributed by atoms with Crippen molar-refractivity contribution in [3.05, 3.63) is 23.3 Å². The maximum absolute atomic E-state index is 12.7. The van der Waals surface area contributed by atoms with Crippen LogP contribution in [0.25, 0.3) is 0 Å². The van der Waals surface area contributed by atoms with Crippen LogP contribution >= 0.6 is 0 Å². The third-order valence-corrected chi connectivity index (χ3v) is 6.51. The molecule has 6 heteroatoms. The maximum atomic E-state index is 12.7. The highest BCUT2D eigenvalue weighted by molar-refractivity contribution is 7.89. The lowest BCUT2D eigenvalue weighted by atomic mass is 9.87. The molecule has 2 rings (SSSR count). The van der Waals surface area contributed by atoms with E-state index in [0.717, 1.165) is 17.5 Å². The number of hydrogen-bond donors (Lipinski definition) is 0. The van der Waals surface area contributed by atoms with Crippen molar-refractivity contribution < 1.29 is 17.9 Å². The fourth-order valence-electron chi connectivity index (χ4n) is 3.11. The number of fused-ring (bicyclic) bond motifs is 1. The molecule has 1 aromatic rings. The molecule has 5 nitrogen and oxygen atoms in total. The Hall–Kier alpha value is -1.27. The van der Waals surface area contributed by atoms with Crippen LogP contribution in [0.1, 0.15) is 44.7 Å². The van der Waals surface area contributed by atoms with Crippen molar-refractivity contribution >= 4 is 10.0 Å². The van der Waals surface area contributed by atoms with E-state index in [-0.39, 0.29) is 5.75 Å². The smallest absolute Gasteiger partial charge is 0.214 e. The van der Waals surface area contributed by atoms with Gasteiger partial charge in [0.1, 0.15) is 0 Å². The van der Waals surface area contributed by atoms with Gasteiger partial charge in [-0.25, -0.2) is 8.42 Å². The average Bonchev–Trinajstić information content (AvgIpc) is 2.50. The minimum Gasteiger partial charge on any atom is -0.493 e. The normalized spacial score (nSPS) is 17.6. The summed E-state index contributed by atoms with van der Waals surface area (Å²) in [6.45, 7) is 6.35. The zero-order chi connectivity index (χ0) is 17.3. The van der Waals surface area contributed by atoms with Gasteiger partial charge in [-0.1, -0.05) is 13.3 Å². The molecule has 0 N–H and O–H groups in total. The Bertz CT molecular complexity index is 667. The third-order valence-electron chi connectivity index (χ3n) is 4.41. The molecule has 0 radical (unpaired) electrons. The van der Waals surface area contributed by atoms with E-state index in [1.165, 1.54) is 0 Å². The molecule has 0 saturated heterocycles. The molecule has 0 amide bonds. The van der Waals surface area contributed by atoms with Crippen LogP contribution in [0.2, 0.25) is 0 Å². The second kappa shape index (κ2) is 6.69. The first-order valence-electron chi connectivity index (χ1n) is 7.99. The van der Waals surface area contributed by atoms with Crippen molar-refractivity contribution in [3.63, 3.8) is 0 Å². The van der Waals surface area contributed by atoms with Crippen LogP contribution in [0.4, 0.5) is 0 Å². The Kier molecular flexibility index (Phi) is 5.26. The molecule has 0 spiro atoms. The van der Waals surface area contributed by atoms with Gasteiger partial charge in [-0.3, -0.25) is 0 Å². The Morgan fingerprint density at radius 2 is 1.70 bits per heavy atom. The highest BCUT2D eigenvalue weighted by atomic mass is 32.2. The van der Waals surface area contributed by atoms with Crippen molar-refractivity contribution in [2.45, 2.75) is 52.1 Å². The van der Waals surface area contributed by atoms with Gasteiger partial charge in [0.15, 0.2) is 11.5 Å². The zero-order valence-corrected chi connectivity index (χ0v) is 15.5. The average molecular weight is 341 g/mol. The lowest BCUT2D eigenvalue weighted by molar-refractivity contribution is 0.201. The fourth-order valence-corrected chi connectivity index (χ4v) is 5.14. The van der Waals surface area contributed by atoms with Crippen LogP contribution in [-0.4, -0.2) is 38.2 Å². The SMILES string of the molecule is CCCCS(=O)(=O)N1Cc2cc(OC)c(OC)cc2CC1(C)C. The van der Waals surface area contributed by atoms with E-state index < -0.39 is 15.6 Å². The predicted molar refractivity (Wildman–Crippen MR) is 91.6 cm³/mol. The monoisotopic (exact) mass is 341 g/mol. The van der Waals surface area contributed by atoms with Crippen molar-refractivity contribution in [1.82, 2.24) is 4.31 Å². The predicted octanol–water partition coefficient (Wildman–Crippen LogP) is 2.97. The van der Waals surface area contributed by atoms with Crippen LogP contribution in [-0.2, 0) is 23.0 Å². The van der Waals surface area contributed by atoms with E-state index in [9.17, 15) is 8.42 Å². The molecule has 0 fully saturated rings. The second-order valence-electron chi connectivity index (χ2n) is 6.64. The highest BCUT2D eigenvalue weighted by Gasteiger charge is 2.40. The molecule has 23 heavy (non-hydrogen) atoms. The summed E-state index contributed by atoms with van der Waals surface area (Å²) in [7, 11) is -0.0689. The first kappa shape index (κ1) is 18.1. The van der Waals surface area contributed by atoms with Crippen molar-refractivity contribution in [3.8, 4) is 11.5 Å². The molecule has 1 aliphatic heterocycles. The largest absolute Gasteiger partial charge is 0.493 e. The number of methoxy groups -OCH3 is 2. The molecule has 1 aromatic carbocycles. The summed E-state index contributed by atoms with van der Waals surface area (Å²) in [6, 6.07) is 3.86. The molecule has 0 unspecified atom stereocenters. The first-order valence-corrected chi connectivity index (χ1v) is 9.60. The molecule has 130 valence electrons. The number of ether oxygens (including phenoxy) is 2. The van der Waals surface area contributed by atoms with Gasteiger partial charge in [0.25, 0.3) is 0 Å². The van der Waals surface area contributed by atoms with Crippen molar-refractivity contribution in [2.75, 3.05) is 20.0 Å². The number of rotatable bonds is 6. The van der Waals surface area contributed by atoms with Gasteiger partial charge in [0, 0.05) is 12.1 Å². The van der Waals surface area contributed by atoms with E-state index in [1.54, 1.807) is 18.5 Å². The number of sulfonamides is 1. The maximum Gasteiger partial charge on any atom is 0.214 e. The van der Waals surface area contributed by atoms with E-state index >= 15 is 0 Å². The summed E-state index contributed by atoms with van der Waals surface area (Å²) in [6.07, 6.45) is 2.22. The van der Waals surface area contributed by atoms with Crippen LogP contribution in [0, 0.1) is 0 Å². The minimum atomic E-state index is -3.27. The summed E-state index contributed by atoms with van der Waals surface area (Å²) in [5.41, 5.74) is 1.66. The minimum absolute atomic E-state index is 0.204. The Labute approximate surface area is 139 Å². The van der Waals surface area contributed by atoms with Gasteiger partial charge in [-0.2, -0.15) is 4.31 Å². The Balaban J connectivity index is 2.42. The zero-order valence-electron chi connectivity index (χ0n) is 14.7. The lowest BCUT2D eigenvalue weighted by Crippen LogP contribution is -2.52. The lowest BCUT2D eigenvalue weighted by Gasteiger charge is -2.42. The number of hydrogen-bond acceptors (Lipinski definition) is 4. The molecule has 0 bridgehead atoms. The van der Waals surface area contributed by atoms with Crippen LogP contribution in [0.5, 0.6) is 11.5 Å². The van der Waals surface area contributed by atoms with E-state index in [4.69, 9.17) is 9.47 Å². The molecule has 0 atom stereocenters. The topological polar surface area (TPSA) is 55.8 Å². The van der Waals surface area contributed by atoms with Crippen LogP contribution in [0.3, 0.4) is 0 Å². The summed E-state index contributed by atoms with van der Waals surface area (Å²) < 4.78 is 37.8. The number of unbranched alkanes of at least 4 members (excludes halogenated alkanes) is 1. The molecule has 0 saturated carbocycles. The van der Waals surface area contributed by atoms with Crippen LogP contribution in [0.15, 0.2) is 12.1 Å². The van der Waals surface area contributed by atoms with E-state index in [1.807, 2.05) is 32.9 Å². The standard InChI is InChI=1S/C17H27NO4S/c1-6-7-8-23(19,20)18-12-14-10-16(22-5)15(21-4)9-13(14)11-17(18,2)3/h9-10H,6-8,11-12H2,1-5H3. The molecule has 0 aromatic heterocycles. The molecule has 1 heterocycles. The quantitative estimate of drug-likeness (QED) is 0.798. The van der Waals surface area contributed by atoms with Gasteiger partial charge in [0.05, 0.1) is 20.0 Å². The second-order valence-corrected chi connectivity index (χ2v) is 8.65. The Morgan fingerprint density at radius 3 is 2.22 bits per heavy atom. The van der Waals surface area contributed by atoms with Gasteiger partial charge in [-0.05, 0) is 49.9 Å².